The summed E-state index contributed by atoms with van der Waals surface area (Å²) in [5.74, 6) is 0. The van der Waals surface area contributed by atoms with Crippen LogP contribution in [-0.4, -0.2) is 0 Å². The molecule has 2 aromatic rings. The van der Waals surface area contributed by atoms with E-state index < -0.39 is 0 Å². The van der Waals surface area contributed by atoms with Crippen molar-refractivity contribution < 1.29 is 0 Å². The SMILES string of the molecule is CCC(C)=C(Cc1ccccc1C)c1ccccc1. The van der Waals surface area contributed by atoms with E-state index in [0.717, 1.165) is 12.8 Å². The number of rotatable bonds is 4. The summed E-state index contributed by atoms with van der Waals surface area (Å²) in [4.78, 5) is 0. The third-order valence-electron chi connectivity index (χ3n) is 3.80. The van der Waals surface area contributed by atoms with Gasteiger partial charge in [0.2, 0.25) is 0 Å². The van der Waals surface area contributed by atoms with Crippen LogP contribution in [0.5, 0.6) is 0 Å². The molecule has 0 unspecified atom stereocenters. The first kappa shape index (κ1) is 13.6. The van der Waals surface area contributed by atoms with Crippen molar-refractivity contribution in [3.8, 4) is 0 Å². The Kier molecular flexibility index (Phi) is 4.57. The van der Waals surface area contributed by atoms with Gasteiger partial charge in [0.15, 0.2) is 0 Å². The molecule has 0 saturated carbocycles. The summed E-state index contributed by atoms with van der Waals surface area (Å²) in [5.41, 5.74) is 7.10. The van der Waals surface area contributed by atoms with Crippen LogP contribution < -0.4 is 0 Å². The minimum absolute atomic E-state index is 1.02. The van der Waals surface area contributed by atoms with E-state index in [1.54, 1.807) is 0 Å². The molecule has 0 fully saturated rings. The second-order valence-corrected chi connectivity index (χ2v) is 5.08. The Morgan fingerprint density at radius 3 is 2.16 bits per heavy atom. The maximum atomic E-state index is 2.25. The number of hydrogen-bond acceptors (Lipinski definition) is 0. The van der Waals surface area contributed by atoms with E-state index >= 15 is 0 Å². The summed E-state index contributed by atoms with van der Waals surface area (Å²) in [6.45, 7) is 6.68. The molecule has 0 nitrogen and oxygen atoms in total. The zero-order valence-corrected chi connectivity index (χ0v) is 12.1. The summed E-state index contributed by atoms with van der Waals surface area (Å²) in [6, 6.07) is 19.4. The monoisotopic (exact) mass is 250 g/mol. The van der Waals surface area contributed by atoms with Crippen molar-refractivity contribution in [2.24, 2.45) is 0 Å². The Morgan fingerprint density at radius 1 is 0.895 bits per heavy atom. The fourth-order valence-corrected chi connectivity index (χ4v) is 2.35. The highest BCUT2D eigenvalue weighted by atomic mass is 14.1. The van der Waals surface area contributed by atoms with Crippen LogP contribution in [-0.2, 0) is 6.42 Å². The Hall–Kier alpha value is -1.82. The predicted octanol–water partition coefficient (Wildman–Crippen LogP) is 5.42. The van der Waals surface area contributed by atoms with E-state index in [1.807, 2.05) is 0 Å². The maximum absolute atomic E-state index is 2.25. The fraction of sp³-hybridized carbons (Fsp3) is 0.263. The Balaban J connectivity index is 2.39. The standard InChI is InChI=1S/C19H22/c1-4-15(2)19(17-11-6-5-7-12-17)14-18-13-9-8-10-16(18)3/h5-13H,4,14H2,1-3H3. The molecule has 0 saturated heterocycles. The van der Waals surface area contributed by atoms with Crippen molar-refractivity contribution in [3.63, 3.8) is 0 Å². The lowest BCUT2D eigenvalue weighted by Gasteiger charge is -2.14. The first-order valence-electron chi connectivity index (χ1n) is 7.01. The minimum Gasteiger partial charge on any atom is -0.0695 e. The van der Waals surface area contributed by atoms with E-state index in [0.29, 0.717) is 0 Å². The normalized spacial score (nSPS) is 12.2. The van der Waals surface area contributed by atoms with Crippen LogP contribution in [0.4, 0.5) is 0 Å². The lowest BCUT2D eigenvalue weighted by atomic mass is 9.91. The molecule has 0 aliphatic carbocycles. The molecule has 0 N–H and O–H groups in total. The molecule has 98 valence electrons. The number of hydrogen-bond donors (Lipinski definition) is 0. The van der Waals surface area contributed by atoms with Gasteiger partial charge in [-0.05, 0) is 49.0 Å². The van der Waals surface area contributed by atoms with E-state index in [2.05, 4.69) is 75.4 Å². The molecule has 0 heteroatoms. The molecule has 0 aliphatic heterocycles. The van der Waals surface area contributed by atoms with Crippen LogP contribution in [0.25, 0.3) is 5.57 Å². The smallest absolute Gasteiger partial charge is 0.00178 e. The highest BCUT2D eigenvalue weighted by Crippen LogP contribution is 2.26. The molecule has 0 heterocycles. The third-order valence-corrected chi connectivity index (χ3v) is 3.80. The molecule has 0 atom stereocenters. The van der Waals surface area contributed by atoms with Gasteiger partial charge in [-0.15, -0.1) is 0 Å². The average molecular weight is 250 g/mol. The van der Waals surface area contributed by atoms with Crippen molar-refractivity contribution >= 4 is 5.57 Å². The van der Waals surface area contributed by atoms with E-state index in [-0.39, 0.29) is 0 Å². The second-order valence-electron chi connectivity index (χ2n) is 5.08. The summed E-state index contributed by atoms with van der Waals surface area (Å²) >= 11 is 0. The van der Waals surface area contributed by atoms with Gasteiger partial charge < -0.3 is 0 Å². The molecule has 19 heavy (non-hydrogen) atoms. The second kappa shape index (κ2) is 6.38. The lowest BCUT2D eigenvalue weighted by Crippen LogP contribution is -1.96. The zero-order valence-electron chi connectivity index (χ0n) is 12.1. The van der Waals surface area contributed by atoms with Crippen molar-refractivity contribution in [2.45, 2.75) is 33.6 Å². The van der Waals surface area contributed by atoms with Crippen LogP contribution in [0.2, 0.25) is 0 Å². The third kappa shape index (κ3) is 3.35. The van der Waals surface area contributed by atoms with Gasteiger partial charge in [-0.2, -0.15) is 0 Å². The van der Waals surface area contributed by atoms with Gasteiger partial charge in [0, 0.05) is 0 Å². The summed E-state index contributed by atoms with van der Waals surface area (Å²) in [5, 5.41) is 0. The number of benzene rings is 2. The Morgan fingerprint density at radius 2 is 1.53 bits per heavy atom. The molecule has 0 radical (unpaired) electrons. The van der Waals surface area contributed by atoms with E-state index in [4.69, 9.17) is 0 Å². The zero-order chi connectivity index (χ0) is 13.7. The molecule has 0 bridgehead atoms. The number of aryl methyl sites for hydroxylation is 1. The topological polar surface area (TPSA) is 0 Å². The van der Waals surface area contributed by atoms with Crippen molar-refractivity contribution in [2.75, 3.05) is 0 Å². The van der Waals surface area contributed by atoms with Crippen LogP contribution >= 0.6 is 0 Å². The molecule has 0 amide bonds. The minimum atomic E-state index is 1.02. The highest BCUT2D eigenvalue weighted by Gasteiger charge is 2.07. The van der Waals surface area contributed by atoms with Crippen molar-refractivity contribution in [3.05, 3.63) is 76.9 Å². The van der Waals surface area contributed by atoms with Gasteiger partial charge in [-0.25, -0.2) is 0 Å². The molecule has 0 spiro atoms. The van der Waals surface area contributed by atoms with Gasteiger partial charge >= 0.3 is 0 Å². The van der Waals surface area contributed by atoms with Gasteiger partial charge in [-0.3, -0.25) is 0 Å². The van der Waals surface area contributed by atoms with Gasteiger partial charge in [0.1, 0.15) is 0 Å². The van der Waals surface area contributed by atoms with Crippen molar-refractivity contribution in [1.29, 1.82) is 0 Å². The maximum Gasteiger partial charge on any atom is -0.00178 e. The lowest BCUT2D eigenvalue weighted by molar-refractivity contribution is 1.08. The van der Waals surface area contributed by atoms with Gasteiger partial charge in [0.05, 0.1) is 0 Å². The summed E-state index contributed by atoms with van der Waals surface area (Å²) < 4.78 is 0. The van der Waals surface area contributed by atoms with E-state index in [9.17, 15) is 0 Å². The molecule has 2 rings (SSSR count). The molecular weight excluding hydrogens is 228 g/mol. The van der Waals surface area contributed by atoms with Crippen molar-refractivity contribution in [1.82, 2.24) is 0 Å². The first-order valence-corrected chi connectivity index (χ1v) is 7.01. The summed E-state index contributed by atoms with van der Waals surface area (Å²) in [7, 11) is 0. The van der Waals surface area contributed by atoms with Gasteiger partial charge in [0.25, 0.3) is 0 Å². The van der Waals surface area contributed by atoms with E-state index in [1.165, 1.54) is 27.8 Å². The highest BCUT2D eigenvalue weighted by molar-refractivity contribution is 5.70. The number of allylic oxidation sites excluding steroid dienone is 2. The van der Waals surface area contributed by atoms with Crippen LogP contribution in [0, 0.1) is 6.92 Å². The average Bonchev–Trinajstić information content (AvgIpc) is 2.46. The Labute approximate surface area is 116 Å². The molecule has 0 aromatic heterocycles. The summed E-state index contributed by atoms with van der Waals surface area (Å²) in [6.07, 6.45) is 2.13. The quantitative estimate of drug-likeness (QED) is 0.679. The fourth-order valence-electron chi connectivity index (χ4n) is 2.35. The Bertz CT molecular complexity index is 562. The largest absolute Gasteiger partial charge is 0.0695 e. The predicted molar refractivity (Wildman–Crippen MR) is 84.2 cm³/mol. The van der Waals surface area contributed by atoms with Crippen LogP contribution in [0.15, 0.2) is 60.2 Å². The molecule has 0 aliphatic rings. The van der Waals surface area contributed by atoms with Gasteiger partial charge in [-0.1, -0.05) is 67.1 Å². The van der Waals surface area contributed by atoms with Crippen LogP contribution in [0.1, 0.15) is 37.0 Å². The van der Waals surface area contributed by atoms with Crippen LogP contribution in [0.3, 0.4) is 0 Å². The molecule has 2 aromatic carbocycles. The first-order chi connectivity index (χ1) is 9.22. The molecular formula is C19H22.